The van der Waals surface area contributed by atoms with Crippen LogP contribution in [-0.4, -0.2) is 38.1 Å². The highest BCUT2D eigenvalue weighted by Crippen LogP contribution is 2.28. The summed E-state index contributed by atoms with van der Waals surface area (Å²) in [5.74, 6) is -0.191. The summed E-state index contributed by atoms with van der Waals surface area (Å²) in [7, 11) is 1.99. The van der Waals surface area contributed by atoms with Gasteiger partial charge in [-0.25, -0.2) is 0 Å². The Morgan fingerprint density at radius 2 is 1.85 bits per heavy atom. The zero-order valence-electron chi connectivity index (χ0n) is 11.5. The SMILES string of the molecule is CN(Cc1ccc(OC(F)(F)F)cc1)CC1(C)COC1. The minimum absolute atomic E-state index is 0.189. The monoisotopic (exact) mass is 289 g/mol. The third kappa shape index (κ3) is 4.38. The van der Waals surface area contributed by atoms with Gasteiger partial charge in [0, 0.05) is 18.5 Å². The van der Waals surface area contributed by atoms with Crippen molar-refractivity contribution in [2.75, 3.05) is 26.8 Å². The van der Waals surface area contributed by atoms with Crippen molar-refractivity contribution in [2.24, 2.45) is 5.41 Å². The van der Waals surface area contributed by atoms with E-state index in [4.69, 9.17) is 4.74 Å². The molecule has 1 aromatic rings. The Bertz CT molecular complexity index is 441. The van der Waals surface area contributed by atoms with E-state index in [2.05, 4.69) is 16.6 Å². The molecule has 6 heteroatoms. The number of ether oxygens (including phenoxy) is 2. The second kappa shape index (κ2) is 5.61. The van der Waals surface area contributed by atoms with Crippen molar-refractivity contribution < 1.29 is 22.6 Å². The summed E-state index contributed by atoms with van der Waals surface area (Å²) in [6, 6.07) is 5.98. The molecule has 2 rings (SSSR count). The molecule has 1 aliphatic heterocycles. The van der Waals surface area contributed by atoms with Crippen LogP contribution in [-0.2, 0) is 11.3 Å². The molecule has 0 N–H and O–H groups in total. The first-order valence-electron chi connectivity index (χ1n) is 6.37. The van der Waals surface area contributed by atoms with Crippen LogP contribution in [0.25, 0.3) is 0 Å². The van der Waals surface area contributed by atoms with Gasteiger partial charge in [0.2, 0.25) is 0 Å². The second-order valence-electron chi connectivity index (χ2n) is 5.67. The molecule has 1 aliphatic rings. The Kier molecular flexibility index (Phi) is 4.25. The van der Waals surface area contributed by atoms with Gasteiger partial charge < -0.3 is 14.4 Å². The molecule has 0 aliphatic carbocycles. The van der Waals surface area contributed by atoms with Crippen LogP contribution in [0, 0.1) is 5.41 Å². The zero-order valence-corrected chi connectivity index (χ0v) is 11.5. The van der Waals surface area contributed by atoms with Crippen LogP contribution in [0.15, 0.2) is 24.3 Å². The Morgan fingerprint density at radius 3 is 2.30 bits per heavy atom. The van der Waals surface area contributed by atoms with Crippen LogP contribution in [0.1, 0.15) is 12.5 Å². The van der Waals surface area contributed by atoms with Gasteiger partial charge in [0.1, 0.15) is 5.75 Å². The van der Waals surface area contributed by atoms with Crippen LogP contribution < -0.4 is 4.74 Å². The van der Waals surface area contributed by atoms with Gasteiger partial charge in [-0.15, -0.1) is 13.2 Å². The van der Waals surface area contributed by atoms with Gasteiger partial charge in [0.05, 0.1) is 13.2 Å². The Labute approximate surface area is 116 Å². The van der Waals surface area contributed by atoms with Gasteiger partial charge in [0.15, 0.2) is 0 Å². The minimum Gasteiger partial charge on any atom is -0.406 e. The molecule has 0 radical (unpaired) electrons. The van der Waals surface area contributed by atoms with E-state index in [9.17, 15) is 13.2 Å². The molecular formula is C14H18F3NO2. The number of rotatable bonds is 5. The first-order chi connectivity index (χ1) is 9.26. The molecule has 20 heavy (non-hydrogen) atoms. The third-order valence-electron chi connectivity index (χ3n) is 3.16. The van der Waals surface area contributed by atoms with E-state index in [1.807, 2.05) is 7.05 Å². The van der Waals surface area contributed by atoms with Crippen molar-refractivity contribution in [1.29, 1.82) is 0 Å². The largest absolute Gasteiger partial charge is 0.573 e. The molecule has 3 nitrogen and oxygen atoms in total. The van der Waals surface area contributed by atoms with Crippen LogP contribution >= 0.6 is 0 Å². The maximum absolute atomic E-state index is 12.0. The minimum atomic E-state index is -4.64. The lowest BCUT2D eigenvalue weighted by atomic mass is 9.88. The van der Waals surface area contributed by atoms with E-state index >= 15 is 0 Å². The summed E-state index contributed by atoms with van der Waals surface area (Å²) >= 11 is 0. The summed E-state index contributed by atoms with van der Waals surface area (Å²) in [6.45, 7) is 5.26. The quantitative estimate of drug-likeness (QED) is 0.831. The van der Waals surface area contributed by atoms with E-state index < -0.39 is 6.36 Å². The van der Waals surface area contributed by atoms with E-state index in [1.165, 1.54) is 12.1 Å². The van der Waals surface area contributed by atoms with Crippen molar-refractivity contribution in [2.45, 2.75) is 19.8 Å². The molecule has 0 bridgehead atoms. The Hall–Kier alpha value is -1.27. The van der Waals surface area contributed by atoms with Gasteiger partial charge in [-0.05, 0) is 24.7 Å². The highest BCUT2D eigenvalue weighted by atomic mass is 19.4. The standard InChI is InChI=1S/C14H18F3NO2/c1-13(9-19-10-13)8-18(2)7-11-3-5-12(6-4-11)20-14(15,16)17/h3-6H,7-10H2,1-2H3. The third-order valence-corrected chi connectivity index (χ3v) is 3.16. The Balaban J connectivity index is 1.86. The number of benzene rings is 1. The fourth-order valence-electron chi connectivity index (χ4n) is 2.36. The van der Waals surface area contributed by atoms with Gasteiger partial charge in [-0.1, -0.05) is 19.1 Å². The summed E-state index contributed by atoms with van der Waals surface area (Å²) in [5, 5.41) is 0. The number of hydrogen-bond acceptors (Lipinski definition) is 3. The van der Waals surface area contributed by atoms with Gasteiger partial charge in [-0.2, -0.15) is 0 Å². The smallest absolute Gasteiger partial charge is 0.406 e. The molecule has 0 atom stereocenters. The van der Waals surface area contributed by atoms with Crippen molar-refractivity contribution in [1.82, 2.24) is 4.90 Å². The number of hydrogen-bond donors (Lipinski definition) is 0. The molecule has 0 spiro atoms. The maximum atomic E-state index is 12.0. The molecule has 1 fully saturated rings. The fourth-order valence-corrected chi connectivity index (χ4v) is 2.36. The molecule has 0 saturated carbocycles. The second-order valence-corrected chi connectivity index (χ2v) is 5.67. The molecule has 1 aromatic carbocycles. The normalized spacial score (nSPS) is 17.9. The summed E-state index contributed by atoms with van der Waals surface area (Å²) < 4.78 is 45.2. The van der Waals surface area contributed by atoms with Crippen LogP contribution in [0.3, 0.4) is 0 Å². The predicted octanol–water partition coefficient (Wildman–Crippen LogP) is 3.05. The van der Waals surface area contributed by atoms with Gasteiger partial charge in [-0.3, -0.25) is 0 Å². The topological polar surface area (TPSA) is 21.7 Å². The summed E-state index contributed by atoms with van der Waals surface area (Å²) in [5.41, 5.74) is 1.14. The zero-order chi connectivity index (χ0) is 14.8. The van der Waals surface area contributed by atoms with Crippen molar-refractivity contribution in [3.05, 3.63) is 29.8 Å². The molecular weight excluding hydrogens is 271 g/mol. The van der Waals surface area contributed by atoms with Crippen LogP contribution in [0.2, 0.25) is 0 Å². The lowest BCUT2D eigenvalue weighted by molar-refractivity contribution is -0.274. The molecule has 112 valence electrons. The van der Waals surface area contributed by atoms with Crippen LogP contribution in [0.5, 0.6) is 5.75 Å². The lowest BCUT2D eigenvalue weighted by Crippen LogP contribution is -2.47. The lowest BCUT2D eigenvalue weighted by Gasteiger charge is -2.40. The molecule has 0 amide bonds. The highest BCUT2D eigenvalue weighted by molar-refractivity contribution is 5.27. The van der Waals surface area contributed by atoms with Crippen LogP contribution in [0.4, 0.5) is 13.2 Å². The average Bonchev–Trinajstić information content (AvgIpc) is 2.27. The first-order valence-corrected chi connectivity index (χ1v) is 6.37. The van der Waals surface area contributed by atoms with E-state index in [1.54, 1.807) is 12.1 Å². The number of alkyl halides is 3. The van der Waals surface area contributed by atoms with Crippen molar-refractivity contribution >= 4 is 0 Å². The maximum Gasteiger partial charge on any atom is 0.573 e. The number of nitrogens with zero attached hydrogens (tertiary/aromatic N) is 1. The van der Waals surface area contributed by atoms with Gasteiger partial charge >= 0.3 is 6.36 Å². The number of halogens is 3. The highest BCUT2D eigenvalue weighted by Gasteiger charge is 2.34. The Morgan fingerprint density at radius 1 is 1.25 bits per heavy atom. The molecule has 1 heterocycles. The fraction of sp³-hybridized carbons (Fsp3) is 0.571. The summed E-state index contributed by atoms with van der Waals surface area (Å²) in [4.78, 5) is 2.14. The van der Waals surface area contributed by atoms with Crippen molar-refractivity contribution in [3.8, 4) is 5.75 Å². The molecule has 0 unspecified atom stereocenters. The first kappa shape index (κ1) is 15.1. The predicted molar refractivity (Wildman–Crippen MR) is 68.4 cm³/mol. The van der Waals surface area contributed by atoms with E-state index in [0.29, 0.717) is 6.54 Å². The van der Waals surface area contributed by atoms with E-state index in [-0.39, 0.29) is 11.2 Å². The van der Waals surface area contributed by atoms with Gasteiger partial charge in [0.25, 0.3) is 0 Å². The van der Waals surface area contributed by atoms with Crippen molar-refractivity contribution in [3.63, 3.8) is 0 Å². The molecule has 1 saturated heterocycles. The summed E-state index contributed by atoms with van der Waals surface area (Å²) in [6.07, 6.45) is -4.64. The molecule has 0 aromatic heterocycles. The average molecular weight is 289 g/mol. The van der Waals surface area contributed by atoms with E-state index in [0.717, 1.165) is 25.3 Å².